The number of methoxy groups -OCH3 is 1. The van der Waals surface area contributed by atoms with Gasteiger partial charge in [0.2, 0.25) is 0 Å². The maximum Gasteiger partial charge on any atom is 0.122 e. The van der Waals surface area contributed by atoms with E-state index >= 15 is 0 Å². The average Bonchev–Trinajstić information content (AvgIpc) is 3.23. The van der Waals surface area contributed by atoms with Crippen LogP contribution in [0.2, 0.25) is 5.02 Å². The van der Waals surface area contributed by atoms with E-state index in [0.29, 0.717) is 11.8 Å². The Bertz CT molecular complexity index is 417. The zero-order valence-corrected chi connectivity index (χ0v) is 12.8. The van der Waals surface area contributed by atoms with Crippen molar-refractivity contribution in [1.82, 2.24) is 5.32 Å². The van der Waals surface area contributed by atoms with Gasteiger partial charge >= 0.3 is 0 Å². The Morgan fingerprint density at radius 3 is 2.74 bits per heavy atom. The highest BCUT2D eigenvalue weighted by molar-refractivity contribution is 6.30. The molecule has 0 aromatic heterocycles. The van der Waals surface area contributed by atoms with E-state index in [-0.39, 0.29) is 0 Å². The summed E-state index contributed by atoms with van der Waals surface area (Å²) in [7, 11) is 1.73. The minimum Gasteiger partial charge on any atom is -0.496 e. The van der Waals surface area contributed by atoms with Gasteiger partial charge in [0.25, 0.3) is 0 Å². The fraction of sp³-hybridized carbons (Fsp3) is 0.625. The summed E-state index contributed by atoms with van der Waals surface area (Å²) in [4.78, 5) is 0. The quantitative estimate of drug-likeness (QED) is 0.807. The molecule has 1 aliphatic rings. The van der Waals surface area contributed by atoms with Crippen LogP contribution in [0.15, 0.2) is 18.2 Å². The SMILES string of the molecule is CCC(C)C(CNC1CC1)c1cc(Cl)ccc1OC. The van der Waals surface area contributed by atoms with Gasteiger partial charge in [-0.3, -0.25) is 0 Å². The van der Waals surface area contributed by atoms with Crippen molar-refractivity contribution in [1.29, 1.82) is 0 Å². The van der Waals surface area contributed by atoms with Crippen LogP contribution in [-0.4, -0.2) is 19.7 Å². The molecule has 1 aromatic carbocycles. The lowest BCUT2D eigenvalue weighted by Crippen LogP contribution is -2.27. The van der Waals surface area contributed by atoms with Gasteiger partial charge in [-0.05, 0) is 37.0 Å². The standard InChI is InChI=1S/C16H24ClNO/c1-4-11(2)15(10-18-13-6-7-13)14-9-12(17)5-8-16(14)19-3/h5,8-9,11,13,15,18H,4,6-7,10H2,1-3H3. The summed E-state index contributed by atoms with van der Waals surface area (Å²) in [5.41, 5.74) is 1.23. The summed E-state index contributed by atoms with van der Waals surface area (Å²) >= 11 is 6.16. The molecule has 0 aliphatic heterocycles. The Hall–Kier alpha value is -0.730. The third-order valence-corrected chi connectivity index (χ3v) is 4.36. The van der Waals surface area contributed by atoms with Crippen LogP contribution in [0.4, 0.5) is 0 Å². The highest BCUT2D eigenvalue weighted by Gasteiger charge is 2.26. The third kappa shape index (κ3) is 3.87. The van der Waals surface area contributed by atoms with Gasteiger partial charge in [0.15, 0.2) is 0 Å². The molecule has 0 radical (unpaired) electrons. The lowest BCUT2D eigenvalue weighted by atomic mass is 9.85. The van der Waals surface area contributed by atoms with Gasteiger partial charge in [0.1, 0.15) is 5.75 Å². The van der Waals surface area contributed by atoms with Crippen LogP contribution in [0.5, 0.6) is 5.75 Å². The van der Waals surface area contributed by atoms with Crippen LogP contribution in [0, 0.1) is 5.92 Å². The van der Waals surface area contributed by atoms with E-state index in [0.717, 1.165) is 29.8 Å². The second kappa shape index (κ2) is 6.62. The van der Waals surface area contributed by atoms with Crippen molar-refractivity contribution in [3.63, 3.8) is 0 Å². The molecule has 0 heterocycles. The van der Waals surface area contributed by atoms with Gasteiger partial charge in [0.05, 0.1) is 7.11 Å². The zero-order valence-electron chi connectivity index (χ0n) is 12.1. The normalized spacial score (nSPS) is 18.1. The molecule has 0 amide bonds. The molecular weight excluding hydrogens is 258 g/mol. The van der Waals surface area contributed by atoms with Gasteiger partial charge in [-0.2, -0.15) is 0 Å². The van der Waals surface area contributed by atoms with E-state index in [9.17, 15) is 0 Å². The second-order valence-corrected chi connectivity index (χ2v) is 6.00. The molecule has 1 N–H and O–H groups in total. The van der Waals surface area contributed by atoms with Crippen molar-refractivity contribution in [2.24, 2.45) is 5.92 Å². The van der Waals surface area contributed by atoms with Crippen molar-refractivity contribution in [3.05, 3.63) is 28.8 Å². The summed E-state index contributed by atoms with van der Waals surface area (Å²) in [6.07, 6.45) is 3.80. The number of rotatable bonds is 7. The first kappa shape index (κ1) is 14.7. The monoisotopic (exact) mass is 281 g/mol. The molecule has 2 unspecified atom stereocenters. The number of hydrogen-bond acceptors (Lipinski definition) is 2. The molecule has 1 aromatic rings. The highest BCUT2D eigenvalue weighted by atomic mass is 35.5. The zero-order chi connectivity index (χ0) is 13.8. The van der Waals surface area contributed by atoms with E-state index < -0.39 is 0 Å². The minimum absolute atomic E-state index is 0.458. The lowest BCUT2D eigenvalue weighted by Gasteiger charge is -2.26. The molecule has 1 aliphatic carbocycles. The fourth-order valence-electron chi connectivity index (χ4n) is 2.48. The summed E-state index contributed by atoms with van der Waals surface area (Å²) in [6.45, 7) is 5.56. The predicted octanol–water partition coefficient (Wildman–Crippen LogP) is 4.23. The van der Waals surface area contributed by atoms with Gasteiger partial charge in [0, 0.05) is 29.1 Å². The first-order valence-electron chi connectivity index (χ1n) is 7.22. The summed E-state index contributed by atoms with van der Waals surface area (Å²) in [5, 5.41) is 4.43. The Balaban J connectivity index is 2.21. The van der Waals surface area contributed by atoms with E-state index in [2.05, 4.69) is 25.2 Å². The molecule has 2 rings (SSSR count). The largest absolute Gasteiger partial charge is 0.496 e. The summed E-state index contributed by atoms with van der Waals surface area (Å²) in [6, 6.07) is 6.67. The van der Waals surface area contributed by atoms with Crippen LogP contribution in [-0.2, 0) is 0 Å². The van der Waals surface area contributed by atoms with Crippen LogP contribution >= 0.6 is 11.6 Å². The lowest BCUT2D eigenvalue weighted by molar-refractivity contribution is 0.377. The van der Waals surface area contributed by atoms with Crippen molar-refractivity contribution in [3.8, 4) is 5.75 Å². The third-order valence-electron chi connectivity index (χ3n) is 4.13. The molecular formula is C16H24ClNO. The number of nitrogens with one attached hydrogen (secondary N) is 1. The molecule has 1 fully saturated rings. The molecule has 106 valence electrons. The molecule has 2 atom stereocenters. The Morgan fingerprint density at radius 2 is 2.16 bits per heavy atom. The first-order valence-corrected chi connectivity index (χ1v) is 7.60. The summed E-state index contributed by atoms with van der Waals surface area (Å²) in [5.74, 6) is 2.02. The van der Waals surface area contributed by atoms with E-state index in [1.807, 2.05) is 12.1 Å². The minimum atomic E-state index is 0.458. The number of benzene rings is 1. The van der Waals surface area contributed by atoms with E-state index in [1.54, 1.807) is 7.11 Å². The molecule has 19 heavy (non-hydrogen) atoms. The Morgan fingerprint density at radius 1 is 1.42 bits per heavy atom. The van der Waals surface area contributed by atoms with Crippen LogP contribution in [0.25, 0.3) is 0 Å². The number of ether oxygens (including phenoxy) is 1. The Labute approximate surface area is 121 Å². The predicted molar refractivity (Wildman–Crippen MR) is 81.2 cm³/mol. The summed E-state index contributed by atoms with van der Waals surface area (Å²) < 4.78 is 5.51. The van der Waals surface area contributed by atoms with E-state index in [1.165, 1.54) is 18.4 Å². The maximum atomic E-state index is 6.16. The van der Waals surface area contributed by atoms with Crippen molar-refractivity contribution < 1.29 is 4.74 Å². The molecule has 3 heteroatoms. The average molecular weight is 282 g/mol. The smallest absolute Gasteiger partial charge is 0.122 e. The molecule has 1 saturated carbocycles. The molecule has 0 bridgehead atoms. The molecule has 0 saturated heterocycles. The van der Waals surface area contributed by atoms with Gasteiger partial charge in [-0.15, -0.1) is 0 Å². The maximum absolute atomic E-state index is 6.16. The second-order valence-electron chi connectivity index (χ2n) is 5.56. The van der Waals surface area contributed by atoms with Gasteiger partial charge in [-0.25, -0.2) is 0 Å². The Kier molecular flexibility index (Phi) is 5.12. The van der Waals surface area contributed by atoms with Gasteiger partial charge in [-0.1, -0.05) is 31.9 Å². The van der Waals surface area contributed by atoms with E-state index in [4.69, 9.17) is 16.3 Å². The number of hydrogen-bond donors (Lipinski definition) is 1. The van der Waals surface area contributed by atoms with Crippen molar-refractivity contribution in [2.45, 2.75) is 45.1 Å². The highest BCUT2D eigenvalue weighted by Crippen LogP contribution is 2.35. The molecule has 2 nitrogen and oxygen atoms in total. The fourth-order valence-corrected chi connectivity index (χ4v) is 2.66. The van der Waals surface area contributed by atoms with Crippen LogP contribution in [0.1, 0.15) is 44.6 Å². The van der Waals surface area contributed by atoms with Crippen LogP contribution in [0.3, 0.4) is 0 Å². The van der Waals surface area contributed by atoms with Gasteiger partial charge < -0.3 is 10.1 Å². The van der Waals surface area contributed by atoms with Crippen molar-refractivity contribution >= 4 is 11.6 Å². The topological polar surface area (TPSA) is 21.3 Å². The first-order chi connectivity index (χ1) is 9.15. The molecule has 0 spiro atoms. The van der Waals surface area contributed by atoms with Crippen LogP contribution < -0.4 is 10.1 Å². The van der Waals surface area contributed by atoms with Crippen molar-refractivity contribution in [2.75, 3.05) is 13.7 Å². The number of halogens is 1.